The van der Waals surface area contributed by atoms with Crippen LogP contribution < -0.4 is 5.73 Å². The summed E-state index contributed by atoms with van der Waals surface area (Å²) < 4.78 is 5.86. The lowest BCUT2D eigenvalue weighted by molar-refractivity contribution is 0.578. The summed E-state index contributed by atoms with van der Waals surface area (Å²) in [7, 11) is 0. The molecule has 0 spiro atoms. The molecule has 35 heavy (non-hydrogen) atoms. The third kappa shape index (κ3) is 3.11. The number of imidazole rings is 1. The normalized spacial score (nSPS) is 15.0. The van der Waals surface area contributed by atoms with Crippen molar-refractivity contribution in [3.05, 3.63) is 90.9 Å². The SMILES string of the molecule is Nc1ncccc1-c1nc2ccc(-n3cccn3)nc2n1-c1ccc2c(c1)CC[C@@H]2n1cnnc1. The van der Waals surface area contributed by atoms with E-state index in [1.165, 1.54) is 11.1 Å². The average Bonchev–Trinajstić information content (AvgIpc) is 3.69. The Morgan fingerprint density at radius 3 is 2.69 bits per heavy atom. The van der Waals surface area contributed by atoms with Gasteiger partial charge in [-0.3, -0.25) is 4.57 Å². The van der Waals surface area contributed by atoms with Crippen molar-refractivity contribution in [3.63, 3.8) is 0 Å². The van der Waals surface area contributed by atoms with Gasteiger partial charge < -0.3 is 10.3 Å². The Hall–Kier alpha value is -4.86. The van der Waals surface area contributed by atoms with Gasteiger partial charge in [0.05, 0.1) is 11.6 Å². The number of nitrogens with two attached hydrogens (primary N) is 1. The van der Waals surface area contributed by atoms with E-state index in [2.05, 4.69) is 47.6 Å². The van der Waals surface area contributed by atoms with Crippen LogP contribution in [0.15, 0.2) is 79.8 Å². The van der Waals surface area contributed by atoms with Crippen LogP contribution in [0, 0.1) is 0 Å². The van der Waals surface area contributed by atoms with Gasteiger partial charge in [-0.25, -0.2) is 19.6 Å². The summed E-state index contributed by atoms with van der Waals surface area (Å²) in [5.41, 5.74) is 12.1. The van der Waals surface area contributed by atoms with Crippen LogP contribution in [0.1, 0.15) is 23.6 Å². The number of benzene rings is 1. The fourth-order valence-electron chi connectivity index (χ4n) is 4.91. The molecule has 170 valence electrons. The number of rotatable bonds is 4. The van der Waals surface area contributed by atoms with Crippen LogP contribution in [-0.4, -0.2) is 44.1 Å². The van der Waals surface area contributed by atoms with Gasteiger partial charge in [0.2, 0.25) is 0 Å². The van der Waals surface area contributed by atoms with E-state index in [9.17, 15) is 0 Å². The Morgan fingerprint density at radius 1 is 0.943 bits per heavy atom. The van der Waals surface area contributed by atoms with Gasteiger partial charge in [0.1, 0.15) is 24.0 Å². The molecule has 5 heterocycles. The van der Waals surface area contributed by atoms with Crippen molar-refractivity contribution >= 4 is 17.0 Å². The highest BCUT2D eigenvalue weighted by atomic mass is 15.3. The number of hydrogen-bond acceptors (Lipinski definition) is 7. The van der Waals surface area contributed by atoms with E-state index in [0.29, 0.717) is 17.5 Å². The van der Waals surface area contributed by atoms with E-state index in [0.717, 1.165) is 35.3 Å². The minimum absolute atomic E-state index is 0.242. The van der Waals surface area contributed by atoms with Crippen molar-refractivity contribution in [2.24, 2.45) is 0 Å². The highest BCUT2D eigenvalue weighted by molar-refractivity contribution is 5.83. The molecule has 10 nitrogen and oxygen atoms in total. The van der Waals surface area contributed by atoms with Gasteiger partial charge in [-0.2, -0.15) is 5.10 Å². The monoisotopic (exact) mass is 460 g/mol. The standard InChI is InChI=1S/C25H20N10/c26-23-19(3-1-10-27-23)24-31-20-7-9-22(34-12-2-11-30-34)32-25(20)35(24)17-5-6-18-16(13-17)4-8-21(18)33-14-28-29-15-33/h1-3,5-7,9-15,21H,4,8H2,(H2,26,27)/t21-/m0/s1. The third-order valence-corrected chi connectivity index (χ3v) is 6.54. The first-order valence-electron chi connectivity index (χ1n) is 11.3. The van der Waals surface area contributed by atoms with E-state index in [1.807, 2.05) is 36.5 Å². The molecule has 0 bridgehead atoms. The molecule has 1 aliphatic rings. The first-order chi connectivity index (χ1) is 17.3. The van der Waals surface area contributed by atoms with E-state index >= 15 is 0 Å². The molecule has 1 aromatic carbocycles. The lowest BCUT2D eigenvalue weighted by atomic mass is 10.1. The highest BCUT2D eigenvalue weighted by Gasteiger charge is 2.26. The lowest BCUT2D eigenvalue weighted by Gasteiger charge is -2.15. The van der Waals surface area contributed by atoms with Gasteiger partial charge in [0, 0.05) is 24.3 Å². The fraction of sp³-hybridized carbons (Fsp3) is 0.120. The molecule has 0 amide bonds. The van der Waals surface area contributed by atoms with Crippen LogP contribution in [0.4, 0.5) is 5.82 Å². The molecule has 0 saturated carbocycles. The second-order valence-electron chi connectivity index (χ2n) is 8.52. The Kier molecular flexibility index (Phi) is 4.25. The number of fused-ring (bicyclic) bond motifs is 2. The van der Waals surface area contributed by atoms with Crippen molar-refractivity contribution < 1.29 is 0 Å². The van der Waals surface area contributed by atoms with Gasteiger partial charge in [-0.05, 0) is 66.4 Å². The molecule has 1 atom stereocenters. The molecule has 7 rings (SSSR count). The average molecular weight is 461 g/mol. The number of aromatic nitrogens is 9. The maximum atomic E-state index is 6.28. The number of anilines is 1. The van der Waals surface area contributed by atoms with E-state index in [-0.39, 0.29) is 6.04 Å². The van der Waals surface area contributed by atoms with Crippen LogP contribution in [0.3, 0.4) is 0 Å². The zero-order valence-electron chi connectivity index (χ0n) is 18.6. The molecule has 0 saturated heterocycles. The summed E-state index contributed by atoms with van der Waals surface area (Å²) in [5.74, 6) is 1.83. The first-order valence-corrected chi connectivity index (χ1v) is 11.3. The number of hydrogen-bond donors (Lipinski definition) is 1. The molecule has 0 aliphatic heterocycles. The maximum absolute atomic E-state index is 6.28. The van der Waals surface area contributed by atoms with Crippen LogP contribution in [0.25, 0.3) is 34.1 Å². The smallest absolute Gasteiger partial charge is 0.167 e. The van der Waals surface area contributed by atoms with Crippen LogP contribution in [-0.2, 0) is 6.42 Å². The zero-order valence-corrected chi connectivity index (χ0v) is 18.6. The minimum atomic E-state index is 0.242. The molecule has 2 N–H and O–H groups in total. The highest BCUT2D eigenvalue weighted by Crippen LogP contribution is 2.37. The summed E-state index contributed by atoms with van der Waals surface area (Å²) >= 11 is 0. The quantitative estimate of drug-likeness (QED) is 0.428. The Labute approximate surface area is 199 Å². The van der Waals surface area contributed by atoms with Crippen molar-refractivity contribution in [1.29, 1.82) is 0 Å². The number of nitrogens with zero attached hydrogens (tertiary/aromatic N) is 9. The largest absolute Gasteiger partial charge is 0.383 e. The molecule has 5 aromatic heterocycles. The molecule has 0 radical (unpaired) electrons. The topological polar surface area (TPSA) is 118 Å². The summed E-state index contributed by atoms with van der Waals surface area (Å²) in [5, 5.41) is 12.3. The summed E-state index contributed by atoms with van der Waals surface area (Å²) in [6.07, 6.45) is 10.8. The zero-order chi connectivity index (χ0) is 23.4. The van der Waals surface area contributed by atoms with Gasteiger partial charge in [-0.15, -0.1) is 10.2 Å². The summed E-state index contributed by atoms with van der Waals surface area (Å²) in [4.78, 5) is 14.2. The van der Waals surface area contributed by atoms with Crippen LogP contribution in [0.2, 0.25) is 0 Å². The minimum Gasteiger partial charge on any atom is -0.383 e. The molecular weight excluding hydrogens is 440 g/mol. The van der Waals surface area contributed by atoms with Crippen molar-refractivity contribution in [2.45, 2.75) is 18.9 Å². The third-order valence-electron chi connectivity index (χ3n) is 6.54. The number of aryl methyl sites for hydroxylation is 1. The Bertz CT molecular complexity index is 1660. The van der Waals surface area contributed by atoms with E-state index in [1.54, 1.807) is 29.7 Å². The van der Waals surface area contributed by atoms with E-state index in [4.69, 9.17) is 15.7 Å². The first kappa shape index (κ1) is 19.6. The molecule has 0 fully saturated rings. The van der Waals surface area contributed by atoms with Crippen LogP contribution >= 0.6 is 0 Å². The van der Waals surface area contributed by atoms with Crippen molar-refractivity contribution in [2.75, 3.05) is 5.73 Å². The van der Waals surface area contributed by atoms with E-state index < -0.39 is 0 Å². The molecule has 0 unspecified atom stereocenters. The second-order valence-corrected chi connectivity index (χ2v) is 8.52. The summed E-state index contributed by atoms with van der Waals surface area (Å²) in [6.45, 7) is 0. The number of pyridine rings is 2. The molecular formula is C25H20N10. The van der Waals surface area contributed by atoms with Crippen molar-refractivity contribution in [3.8, 4) is 22.9 Å². The van der Waals surface area contributed by atoms with Gasteiger partial charge in [0.15, 0.2) is 17.3 Å². The van der Waals surface area contributed by atoms with Gasteiger partial charge in [0.25, 0.3) is 0 Å². The number of nitrogen functional groups attached to an aromatic ring is 1. The predicted molar refractivity (Wildman–Crippen MR) is 130 cm³/mol. The molecule has 6 aromatic rings. The fourth-order valence-corrected chi connectivity index (χ4v) is 4.91. The predicted octanol–water partition coefficient (Wildman–Crippen LogP) is 3.38. The van der Waals surface area contributed by atoms with Gasteiger partial charge in [-0.1, -0.05) is 6.07 Å². The summed E-state index contributed by atoms with van der Waals surface area (Å²) in [6, 6.07) is 16.3. The molecule has 1 aliphatic carbocycles. The maximum Gasteiger partial charge on any atom is 0.167 e. The van der Waals surface area contributed by atoms with Crippen molar-refractivity contribution in [1.82, 2.24) is 44.1 Å². The molecule has 10 heteroatoms. The Balaban J connectivity index is 1.44. The van der Waals surface area contributed by atoms with Crippen LogP contribution in [0.5, 0.6) is 0 Å². The second kappa shape index (κ2) is 7.59. The lowest BCUT2D eigenvalue weighted by Crippen LogP contribution is -2.06. The van der Waals surface area contributed by atoms with Gasteiger partial charge >= 0.3 is 0 Å². The Morgan fingerprint density at radius 2 is 1.86 bits per heavy atom.